The maximum atomic E-state index is 11.8. The standard InChI is InChI=1S/C11H15BrN2O/c1-4-11(2,3)14-10(15)8-6-5-7-9(12)13-8/h5-7H,4H2,1-3H3,(H,14,15). The number of rotatable bonds is 3. The second-order valence-electron chi connectivity index (χ2n) is 4.04. The monoisotopic (exact) mass is 270 g/mol. The zero-order valence-corrected chi connectivity index (χ0v) is 10.8. The first kappa shape index (κ1) is 12.2. The Morgan fingerprint density at radius 3 is 2.73 bits per heavy atom. The molecule has 1 N–H and O–H groups in total. The Kier molecular flexibility index (Phi) is 3.85. The molecule has 1 rings (SSSR count). The number of hydrogen-bond donors (Lipinski definition) is 1. The van der Waals surface area contributed by atoms with Gasteiger partial charge in [0, 0.05) is 5.54 Å². The van der Waals surface area contributed by atoms with Crippen molar-refractivity contribution in [2.75, 3.05) is 0 Å². The summed E-state index contributed by atoms with van der Waals surface area (Å²) < 4.78 is 0.671. The Hall–Kier alpha value is -0.900. The third kappa shape index (κ3) is 3.63. The molecule has 0 unspecified atom stereocenters. The molecular weight excluding hydrogens is 256 g/mol. The molecule has 4 heteroatoms. The Morgan fingerprint density at radius 1 is 1.53 bits per heavy atom. The molecule has 0 radical (unpaired) electrons. The van der Waals surface area contributed by atoms with Crippen molar-refractivity contribution in [1.82, 2.24) is 10.3 Å². The van der Waals surface area contributed by atoms with E-state index in [-0.39, 0.29) is 11.4 Å². The van der Waals surface area contributed by atoms with E-state index in [1.807, 2.05) is 20.8 Å². The molecule has 0 aromatic carbocycles. The molecular formula is C11H15BrN2O. The van der Waals surface area contributed by atoms with Gasteiger partial charge in [-0.1, -0.05) is 13.0 Å². The van der Waals surface area contributed by atoms with Crippen molar-refractivity contribution in [2.24, 2.45) is 0 Å². The minimum absolute atomic E-state index is 0.136. The van der Waals surface area contributed by atoms with Gasteiger partial charge in [-0.05, 0) is 48.3 Å². The topological polar surface area (TPSA) is 42.0 Å². The SMILES string of the molecule is CCC(C)(C)NC(=O)c1cccc(Br)n1. The average molecular weight is 271 g/mol. The molecule has 1 aromatic heterocycles. The van der Waals surface area contributed by atoms with Crippen LogP contribution in [0.1, 0.15) is 37.7 Å². The maximum Gasteiger partial charge on any atom is 0.270 e. The summed E-state index contributed by atoms with van der Waals surface area (Å²) in [6, 6.07) is 5.29. The predicted octanol–water partition coefficient (Wildman–Crippen LogP) is 2.76. The molecule has 3 nitrogen and oxygen atoms in total. The van der Waals surface area contributed by atoms with Gasteiger partial charge in [-0.2, -0.15) is 0 Å². The molecule has 0 saturated heterocycles. The van der Waals surface area contributed by atoms with Crippen LogP contribution in [0.2, 0.25) is 0 Å². The van der Waals surface area contributed by atoms with Crippen molar-refractivity contribution in [3.05, 3.63) is 28.5 Å². The number of carbonyl (C=O) groups excluding carboxylic acids is 1. The second-order valence-corrected chi connectivity index (χ2v) is 4.85. The van der Waals surface area contributed by atoms with Crippen LogP contribution in [0.5, 0.6) is 0 Å². The van der Waals surface area contributed by atoms with E-state index in [0.717, 1.165) is 6.42 Å². The summed E-state index contributed by atoms with van der Waals surface area (Å²) in [7, 11) is 0. The number of nitrogens with zero attached hydrogens (tertiary/aromatic N) is 1. The van der Waals surface area contributed by atoms with Crippen LogP contribution in [0.25, 0.3) is 0 Å². The Balaban J connectivity index is 2.78. The fourth-order valence-electron chi connectivity index (χ4n) is 0.994. The molecule has 1 heterocycles. The molecule has 0 bridgehead atoms. The molecule has 1 amide bonds. The normalized spacial score (nSPS) is 11.2. The fraction of sp³-hybridized carbons (Fsp3) is 0.455. The third-order valence-corrected chi connectivity index (χ3v) is 2.73. The number of hydrogen-bond acceptors (Lipinski definition) is 2. The molecule has 82 valence electrons. The summed E-state index contributed by atoms with van der Waals surface area (Å²) in [5, 5.41) is 2.93. The minimum Gasteiger partial charge on any atom is -0.346 e. The van der Waals surface area contributed by atoms with Gasteiger partial charge >= 0.3 is 0 Å². The van der Waals surface area contributed by atoms with E-state index in [1.54, 1.807) is 18.2 Å². The van der Waals surface area contributed by atoms with E-state index in [0.29, 0.717) is 10.3 Å². The van der Waals surface area contributed by atoms with E-state index in [1.165, 1.54) is 0 Å². The van der Waals surface area contributed by atoms with Gasteiger partial charge in [-0.3, -0.25) is 4.79 Å². The van der Waals surface area contributed by atoms with Crippen LogP contribution in [0.4, 0.5) is 0 Å². The van der Waals surface area contributed by atoms with Crippen molar-refractivity contribution in [2.45, 2.75) is 32.7 Å². The van der Waals surface area contributed by atoms with E-state index < -0.39 is 0 Å². The highest BCUT2D eigenvalue weighted by Crippen LogP contribution is 2.10. The molecule has 0 aliphatic rings. The first-order valence-corrected chi connectivity index (χ1v) is 5.69. The smallest absolute Gasteiger partial charge is 0.270 e. The van der Waals surface area contributed by atoms with Gasteiger partial charge in [0.25, 0.3) is 5.91 Å². The number of nitrogens with one attached hydrogen (secondary N) is 1. The highest BCUT2D eigenvalue weighted by atomic mass is 79.9. The zero-order valence-electron chi connectivity index (χ0n) is 9.17. The first-order chi connectivity index (χ1) is 6.94. The quantitative estimate of drug-likeness (QED) is 0.859. The van der Waals surface area contributed by atoms with E-state index in [4.69, 9.17) is 0 Å². The van der Waals surface area contributed by atoms with Crippen molar-refractivity contribution in [3.63, 3.8) is 0 Å². The zero-order chi connectivity index (χ0) is 11.5. The van der Waals surface area contributed by atoms with Crippen molar-refractivity contribution in [3.8, 4) is 0 Å². The lowest BCUT2D eigenvalue weighted by atomic mass is 10.0. The number of amides is 1. The summed E-state index contributed by atoms with van der Waals surface area (Å²) in [4.78, 5) is 15.9. The third-order valence-electron chi connectivity index (χ3n) is 2.28. The van der Waals surface area contributed by atoms with Gasteiger partial charge in [0.2, 0.25) is 0 Å². The van der Waals surface area contributed by atoms with Crippen LogP contribution < -0.4 is 5.32 Å². The first-order valence-electron chi connectivity index (χ1n) is 4.89. The molecule has 0 aliphatic carbocycles. The Morgan fingerprint density at radius 2 is 2.20 bits per heavy atom. The fourth-order valence-corrected chi connectivity index (χ4v) is 1.34. The van der Waals surface area contributed by atoms with Gasteiger partial charge in [0.1, 0.15) is 10.3 Å². The molecule has 1 aromatic rings. The van der Waals surface area contributed by atoms with Gasteiger partial charge in [-0.25, -0.2) is 4.98 Å². The Bertz CT molecular complexity index is 363. The van der Waals surface area contributed by atoms with E-state index >= 15 is 0 Å². The van der Waals surface area contributed by atoms with Crippen LogP contribution in [0, 0.1) is 0 Å². The average Bonchev–Trinajstić information content (AvgIpc) is 2.17. The highest BCUT2D eigenvalue weighted by Gasteiger charge is 2.19. The lowest BCUT2D eigenvalue weighted by Crippen LogP contribution is -2.43. The summed E-state index contributed by atoms with van der Waals surface area (Å²) in [5.74, 6) is -0.136. The summed E-state index contributed by atoms with van der Waals surface area (Å²) in [6.45, 7) is 6.01. The highest BCUT2D eigenvalue weighted by molar-refractivity contribution is 9.10. The lowest BCUT2D eigenvalue weighted by Gasteiger charge is -2.24. The summed E-state index contributed by atoms with van der Waals surface area (Å²) in [5.41, 5.74) is 0.243. The van der Waals surface area contributed by atoms with E-state index in [9.17, 15) is 4.79 Å². The van der Waals surface area contributed by atoms with E-state index in [2.05, 4.69) is 26.2 Å². The van der Waals surface area contributed by atoms with Gasteiger partial charge in [-0.15, -0.1) is 0 Å². The molecule has 0 saturated carbocycles. The molecule has 0 atom stereocenters. The van der Waals surface area contributed by atoms with Crippen molar-refractivity contribution in [1.29, 1.82) is 0 Å². The molecule has 15 heavy (non-hydrogen) atoms. The molecule has 0 aliphatic heterocycles. The van der Waals surface area contributed by atoms with Gasteiger partial charge in [0.05, 0.1) is 0 Å². The van der Waals surface area contributed by atoms with Crippen molar-refractivity contribution >= 4 is 21.8 Å². The van der Waals surface area contributed by atoms with Crippen LogP contribution in [0.3, 0.4) is 0 Å². The number of aromatic nitrogens is 1. The van der Waals surface area contributed by atoms with Crippen LogP contribution in [0.15, 0.2) is 22.8 Å². The van der Waals surface area contributed by atoms with Gasteiger partial charge < -0.3 is 5.32 Å². The lowest BCUT2D eigenvalue weighted by molar-refractivity contribution is 0.0906. The number of pyridine rings is 1. The molecule has 0 spiro atoms. The number of halogens is 1. The van der Waals surface area contributed by atoms with Crippen LogP contribution in [-0.2, 0) is 0 Å². The van der Waals surface area contributed by atoms with Crippen LogP contribution >= 0.6 is 15.9 Å². The van der Waals surface area contributed by atoms with Crippen molar-refractivity contribution < 1.29 is 4.79 Å². The largest absolute Gasteiger partial charge is 0.346 e. The van der Waals surface area contributed by atoms with Gasteiger partial charge in [0.15, 0.2) is 0 Å². The maximum absolute atomic E-state index is 11.8. The molecule has 0 fully saturated rings. The predicted molar refractivity (Wildman–Crippen MR) is 63.8 cm³/mol. The summed E-state index contributed by atoms with van der Waals surface area (Å²) >= 11 is 3.24. The summed E-state index contributed by atoms with van der Waals surface area (Å²) in [6.07, 6.45) is 0.882. The minimum atomic E-state index is -0.193. The Labute approximate surface area is 98.4 Å². The number of carbonyl (C=O) groups is 1. The second kappa shape index (κ2) is 4.75. The van der Waals surface area contributed by atoms with Crippen LogP contribution in [-0.4, -0.2) is 16.4 Å².